The molecular weight excluding hydrogens is 346 g/mol. The van der Waals surface area contributed by atoms with Gasteiger partial charge in [0.05, 0.1) is 7.11 Å². The topological polar surface area (TPSA) is 39.9 Å². The van der Waals surface area contributed by atoms with E-state index in [9.17, 15) is 0 Å². The second-order valence-corrected chi connectivity index (χ2v) is 7.23. The average Bonchev–Trinajstić information content (AvgIpc) is 3.02. The Morgan fingerprint density at radius 1 is 0.923 bits per heavy atom. The minimum atomic E-state index is 0.696. The lowest BCUT2D eigenvalue weighted by atomic mass is 10.1. The van der Waals surface area contributed by atoms with E-state index in [2.05, 4.69) is 29.4 Å². The number of unbranched alkanes of at least 4 members (excludes halogenated alkanes) is 7. The van der Waals surface area contributed by atoms with Crippen LogP contribution in [0.2, 0.25) is 5.15 Å². The van der Waals surface area contributed by atoms with Crippen LogP contribution in [0.5, 0.6) is 5.75 Å². The van der Waals surface area contributed by atoms with Gasteiger partial charge in [-0.25, -0.2) is 4.68 Å². The van der Waals surface area contributed by atoms with Crippen LogP contribution in [-0.4, -0.2) is 22.1 Å². The first kappa shape index (κ1) is 20.8. The maximum absolute atomic E-state index is 6.45. The molecule has 0 N–H and O–H groups in total. The van der Waals surface area contributed by atoms with Gasteiger partial charge in [-0.1, -0.05) is 80.8 Å². The fraction of sp³-hybridized carbons (Fsp3) is 0.619. The second kappa shape index (κ2) is 11.9. The molecule has 1 aromatic heterocycles. The van der Waals surface area contributed by atoms with Crippen LogP contribution in [0.1, 0.15) is 69.5 Å². The molecule has 5 heteroatoms. The molecule has 0 saturated heterocycles. The molecule has 0 aliphatic rings. The zero-order chi connectivity index (χ0) is 18.6. The molecule has 26 heavy (non-hydrogen) atoms. The number of aryl methyl sites for hydroxylation is 3. The van der Waals surface area contributed by atoms with Gasteiger partial charge in [-0.15, -0.1) is 5.10 Å². The predicted molar refractivity (Wildman–Crippen MR) is 108 cm³/mol. The summed E-state index contributed by atoms with van der Waals surface area (Å²) in [6, 6.07) is 8.11. The summed E-state index contributed by atoms with van der Waals surface area (Å²) in [4.78, 5) is 0. The molecule has 4 nitrogen and oxygen atoms in total. The van der Waals surface area contributed by atoms with E-state index in [1.54, 1.807) is 7.11 Å². The molecule has 2 rings (SSSR count). The van der Waals surface area contributed by atoms with Crippen molar-refractivity contribution in [2.45, 2.75) is 77.7 Å². The summed E-state index contributed by atoms with van der Waals surface area (Å²) in [6.45, 7) is 3.00. The van der Waals surface area contributed by atoms with Crippen LogP contribution in [0.15, 0.2) is 24.3 Å². The molecule has 0 unspecified atom stereocenters. The van der Waals surface area contributed by atoms with Crippen LogP contribution in [0.4, 0.5) is 0 Å². The van der Waals surface area contributed by atoms with E-state index in [4.69, 9.17) is 16.3 Å². The summed E-state index contributed by atoms with van der Waals surface area (Å²) in [6.07, 6.45) is 12.3. The van der Waals surface area contributed by atoms with Gasteiger partial charge in [-0.05, 0) is 37.0 Å². The third-order valence-corrected chi connectivity index (χ3v) is 5.19. The highest BCUT2D eigenvalue weighted by Gasteiger charge is 2.10. The normalized spacial score (nSPS) is 11.0. The lowest BCUT2D eigenvalue weighted by Crippen LogP contribution is -2.03. The van der Waals surface area contributed by atoms with Crippen molar-refractivity contribution >= 4 is 11.6 Å². The highest BCUT2D eigenvalue weighted by Crippen LogP contribution is 2.18. The smallest absolute Gasteiger partial charge is 0.150 e. The van der Waals surface area contributed by atoms with Gasteiger partial charge in [-0.2, -0.15) is 0 Å². The number of ether oxygens (including phenoxy) is 1. The van der Waals surface area contributed by atoms with Gasteiger partial charge in [0, 0.05) is 6.54 Å². The lowest BCUT2D eigenvalue weighted by Gasteiger charge is -2.05. The Kier molecular flexibility index (Phi) is 9.54. The van der Waals surface area contributed by atoms with Gasteiger partial charge in [0.2, 0.25) is 0 Å². The van der Waals surface area contributed by atoms with Crippen molar-refractivity contribution in [1.29, 1.82) is 0 Å². The van der Waals surface area contributed by atoms with E-state index < -0.39 is 0 Å². The minimum Gasteiger partial charge on any atom is -0.497 e. The number of nitrogens with zero attached hydrogens (tertiary/aromatic N) is 3. The number of halogens is 1. The summed E-state index contributed by atoms with van der Waals surface area (Å²) >= 11 is 6.45. The standard InChI is InChI=1S/C21H32ClN3O/c1-3-4-5-6-7-8-9-10-11-20-21(22)25(24-23-20)17-16-18-12-14-19(26-2)15-13-18/h12-15H,3-11,16-17H2,1-2H3. The Hall–Kier alpha value is -1.55. The largest absolute Gasteiger partial charge is 0.497 e. The van der Waals surface area contributed by atoms with Crippen LogP contribution in [-0.2, 0) is 19.4 Å². The Bertz CT molecular complexity index is 625. The lowest BCUT2D eigenvalue weighted by molar-refractivity contribution is 0.414. The van der Waals surface area contributed by atoms with Crippen LogP contribution in [0.25, 0.3) is 0 Å². The fourth-order valence-corrected chi connectivity index (χ4v) is 3.34. The van der Waals surface area contributed by atoms with E-state index in [1.807, 2.05) is 16.8 Å². The Morgan fingerprint density at radius 2 is 1.58 bits per heavy atom. The van der Waals surface area contributed by atoms with Crippen LogP contribution in [0, 0.1) is 0 Å². The van der Waals surface area contributed by atoms with Gasteiger partial charge in [0.25, 0.3) is 0 Å². The molecule has 1 aromatic carbocycles. The molecule has 1 heterocycles. The number of hydrogen-bond acceptors (Lipinski definition) is 3. The van der Waals surface area contributed by atoms with E-state index >= 15 is 0 Å². The van der Waals surface area contributed by atoms with Gasteiger partial charge >= 0.3 is 0 Å². The molecule has 0 atom stereocenters. The number of benzene rings is 1. The molecule has 0 aliphatic carbocycles. The van der Waals surface area contributed by atoms with E-state index in [-0.39, 0.29) is 0 Å². The zero-order valence-corrected chi connectivity index (χ0v) is 17.0. The van der Waals surface area contributed by atoms with Crippen LogP contribution >= 0.6 is 11.6 Å². The van der Waals surface area contributed by atoms with Crippen LogP contribution < -0.4 is 4.74 Å². The highest BCUT2D eigenvalue weighted by atomic mass is 35.5. The third-order valence-electron chi connectivity index (χ3n) is 4.78. The summed E-state index contributed by atoms with van der Waals surface area (Å²) < 4.78 is 7.00. The molecule has 144 valence electrons. The van der Waals surface area contributed by atoms with Gasteiger partial charge < -0.3 is 4.74 Å². The molecule has 0 radical (unpaired) electrons. The third kappa shape index (κ3) is 6.99. The van der Waals surface area contributed by atoms with Crippen LogP contribution in [0.3, 0.4) is 0 Å². The van der Waals surface area contributed by atoms with Gasteiger partial charge in [0.1, 0.15) is 11.4 Å². The Labute approximate surface area is 162 Å². The van der Waals surface area contributed by atoms with E-state index in [0.717, 1.165) is 37.3 Å². The summed E-state index contributed by atoms with van der Waals surface area (Å²) in [5.41, 5.74) is 2.18. The van der Waals surface area contributed by atoms with Crippen molar-refractivity contribution in [3.8, 4) is 5.75 Å². The van der Waals surface area contributed by atoms with Crippen molar-refractivity contribution in [2.75, 3.05) is 7.11 Å². The average molecular weight is 378 g/mol. The Morgan fingerprint density at radius 3 is 2.23 bits per heavy atom. The maximum Gasteiger partial charge on any atom is 0.150 e. The summed E-state index contributed by atoms with van der Waals surface area (Å²) in [5, 5.41) is 9.19. The SMILES string of the molecule is CCCCCCCCCCc1nnn(CCc2ccc(OC)cc2)c1Cl. The molecule has 2 aromatic rings. The second-order valence-electron chi connectivity index (χ2n) is 6.87. The molecule has 0 amide bonds. The number of rotatable bonds is 13. The summed E-state index contributed by atoms with van der Waals surface area (Å²) in [7, 11) is 1.68. The van der Waals surface area contributed by atoms with Crippen molar-refractivity contribution in [3.05, 3.63) is 40.7 Å². The molecule has 0 fully saturated rings. The quantitative estimate of drug-likeness (QED) is 0.410. The first-order valence-corrected chi connectivity index (χ1v) is 10.3. The molecule has 0 bridgehead atoms. The van der Waals surface area contributed by atoms with Crippen molar-refractivity contribution < 1.29 is 4.74 Å². The highest BCUT2D eigenvalue weighted by molar-refractivity contribution is 6.30. The zero-order valence-electron chi connectivity index (χ0n) is 16.2. The molecular formula is C21H32ClN3O. The first-order chi connectivity index (χ1) is 12.7. The summed E-state index contributed by atoms with van der Waals surface area (Å²) in [5.74, 6) is 0.875. The monoisotopic (exact) mass is 377 g/mol. The molecule has 0 aliphatic heterocycles. The Balaban J connectivity index is 1.68. The molecule has 0 spiro atoms. The maximum atomic E-state index is 6.45. The molecule has 0 saturated carbocycles. The van der Waals surface area contributed by atoms with Crippen molar-refractivity contribution in [2.24, 2.45) is 0 Å². The van der Waals surface area contributed by atoms with Crippen molar-refractivity contribution in [3.63, 3.8) is 0 Å². The predicted octanol–water partition coefficient (Wildman–Crippen LogP) is 5.87. The number of hydrogen-bond donors (Lipinski definition) is 0. The number of methoxy groups -OCH3 is 1. The van der Waals surface area contributed by atoms with Gasteiger partial charge in [-0.3, -0.25) is 0 Å². The number of aromatic nitrogens is 3. The van der Waals surface area contributed by atoms with Gasteiger partial charge in [0.15, 0.2) is 5.15 Å². The van der Waals surface area contributed by atoms with E-state index in [1.165, 1.54) is 50.5 Å². The van der Waals surface area contributed by atoms with Crippen molar-refractivity contribution in [1.82, 2.24) is 15.0 Å². The van der Waals surface area contributed by atoms with E-state index in [0.29, 0.717) is 5.15 Å². The first-order valence-electron chi connectivity index (χ1n) is 9.95. The minimum absolute atomic E-state index is 0.696. The fourth-order valence-electron chi connectivity index (χ4n) is 3.09.